The summed E-state index contributed by atoms with van der Waals surface area (Å²) in [5.74, 6) is -1.25. The van der Waals surface area contributed by atoms with Crippen LogP contribution in [-0.2, 0) is 4.79 Å². The number of carbonyl (C=O) groups is 2. The Morgan fingerprint density at radius 1 is 1.30 bits per heavy atom. The lowest BCUT2D eigenvalue weighted by atomic mass is 10.2. The Kier molecular flexibility index (Phi) is 6.45. The number of benzene rings is 1. The van der Waals surface area contributed by atoms with Crippen LogP contribution in [0.3, 0.4) is 0 Å². The predicted molar refractivity (Wildman–Crippen MR) is 76.3 cm³/mol. The summed E-state index contributed by atoms with van der Waals surface area (Å²) in [5.41, 5.74) is -0.118. The van der Waals surface area contributed by atoms with E-state index in [9.17, 15) is 14.0 Å². The first kappa shape index (κ1) is 16.4. The highest BCUT2D eigenvalue weighted by Gasteiger charge is 2.13. The van der Waals surface area contributed by atoms with Gasteiger partial charge in [-0.15, -0.1) is 0 Å². The molecule has 6 heteroatoms. The summed E-state index contributed by atoms with van der Waals surface area (Å²) in [4.78, 5) is 25.2. The number of rotatable bonds is 6. The van der Waals surface area contributed by atoms with Crippen LogP contribution in [0.25, 0.3) is 0 Å². The lowest BCUT2D eigenvalue weighted by Crippen LogP contribution is -2.34. The van der Waals surface area contributed by atoms with Crippen molar-refractivity contribution in [2.75, 3.05) is 19.6 Å². The Hall–Kier alpha value is -1.62. The first-order valence-electron chi connectivity index (χ1n) is 6.50. The molecule has 0 radical (unpaired) electrons. The molecule has 1 aromatic rings. The molecular formula is C14H18ClFN2O2. The summed E-state index contributed by atoms with van der Waals surface area (Å²) < 4.78 is 13.4. The number of nitrogens with one attached hydrogen (secondary N) is 1. The molecule has 110 valence electrons. The summed E-state index contributed by atoms with van der Waals surface area (Å²) in [6, 6.07) is 3.77. The van der Waals surface area contributed by atoms with E-state index in [0.717, 1.165) is 6.07 Å². The van der Waals surface area contributed by atoms with E-state index in [1.807, 2.05) is 13.8 Å². The van der Waals surface area contributed by atoms with Gasteiger partial charge >= 0.3 is 0 Å². The van der Waals surface area contributed by atoms with Gasteiger partial charge in [0.15, 0.2) is 0 Å². The summed E-state index contributed by atoms with van der Waals surface area (Å²) in [6.45, 7) is 5.21. The fourth-order valence-electron chi connectivity index (χ4n) is 1.78. The Bertz CT molecular complexity index is 490. The zero-order chi connectivity index (χ0) is 15.1. The van der Waals surface area contributed by atoms with Gasteiger partial charge in [0.2, 0.25) is 5.91 Å². The number of halogens is 2. The molecule has 0 spiro atoms. The lowest BCUT2D eigenvalue weighted by Gasteiger charge is -2.18. The summed E-state index contributed by atoms with van der Waals surface area (Å²) in [7, 11) is 0. The SMILES string of the molecule is CCN(CC)C(=O)CCNC(=O)c1cc(Cl)ccc1F. The van der Waals surface area contributed by atoms with Crippen molar-refractivity contribution in [2.45, 2.75) is 20.3 Å². The van der Waals surface area contributed by atoms with Crippen molar-refractivity contribution in [3.63, 3.8) is 0 Å². The Balaban J connectivity index is 2.52. The van der Waals surface area contributed by atoms with Crippen LogP contribution in [-0.4, -0.2) is 36.3 Å². The Labute approximate surface area is 122 Å². The van der Waals surface area contributed by atoms with Gasteiger partial charge in [-0.05, 0) is 32.0 Å². The largest absolute Gasteiger partial charge is 0.351 e. The number of nitrogens with zero attached hydrogens (tertiary/aromatic N) is 1. The predicted octanol–water partition coefficient (Wildman–Crippen LogP) is 2.47. The number of hydrogen-bond acceptors (Lipinski definition) is 2. The molecule has 0 saturated heterocycles. The van der Waals surface area contributed by atoms with Crippen molar-refractivity contribution < 1.29 is 14.0 Å². The fourth-order valence-corrected chi connectivity index (χ4v) is 1.96. The van der Waals surface area contributed by atoms with Crippen LogP contribution >= 0.6 is 11.6 Å². The highest BCUT2D eigenvalue weighted by molar-refractivity contribution is 6.31. The van der Waals surface area contributed by atoms with Crippen LogP contribution in [0.15, 0.2) is 18.2 Å². The van der Waals surface area contributed by atoms with Gasteiger partial charge in [0.05, 0.1) is 5.56 Å². The summed E-state index contributed by atoms with van der Waals surface area (Å²) in [6.07, 6.45) is 0.190. The topological polar surface area (TPSA) is 49.4 Å². The lowest BCUT2D eigenvalue weighted by molar-refractivity contribution is -0.130. The minimum Gasteiger partial charge on any atom is -0.351 e. The van der Waals surface area contributed by atoms with E-state index in [0.29, 0.717) is 13.1 Å². The van der Waals surface area contributed by atoms with Gasteiger partial charge in [-0.3, -0.25) is 9.59 Å². The molecule has 1 rings (SSSR count). The third-order valence-electron chi connectivity index (χ3n) is 2.91. The molecule has 0 aliphatic carbocycles. The van der Waals surface area contributed by atoms with Gasteiger partial charge < -0.3 is 10.2 Å². The van der Waals surface area contributed by atoms with Gasteiger partial charge in [-0.1, -0.05) is 11.6 Å². The second-order valence-corrected chi connectivity index (χ2v) is 4.63. The molecule has 4 nitrogen and oxygen atoms in total. The first-order valence-corrected chi connectivity index (χ1v) is 6.88. The van der Waals surface area contributed by atoms with Crippen molar-refractivity contribution in [1.29, 1.82) is 0 Å². The molecule has 0 unspecified atom stereocenters. The average molecular weight is 301 g/mol. The molecule has 0 bridgehead atoms. The maximum absolute atomic E-state index is 13.4. The third kappa shape index (κ3) is 4.49. The minimum atomic E-state index is -0.637. The van der Waals surface area contributed by atoms with Gasteiger partial charge in [0, 0.05) is 31.1 Å². The van der Waals surface area contributed by atoms with Crippen molar-refractivity contribution in [2.24, 2.45) is 0 Å². The van der Waals surface area contributed by atoms with E-state index in [-0.39, 0.29) is 29.5 Å². The van der Waals surface area contributed by atoms with Crippen LogP contribution in [0, 0.1) is 5.82 Å². The van der Waals surface area contributed by atoms with E-state index >= 15 is 0 Å². The Morgan fingerprint density at radius 2 is 1.95 bits per heavy atom. The molecule has 1 N–H and O–H groups in total. The van der Waals surface area contributed by atoms with Gasteiger partial charge in [0.1, 0.15) is 5.82 Å². The van der Waals surface area contributed by atoms with E-state index in [1.165, 1.54) is 12.1 Å². The van der Waals surface area contributed by atoms with Crippen LogP contribution in [0.1, 0.15) is 30.6 Å². The monoisotopic (exact) mass is 300 g/mol. The molecule has 0 aromatic heterocycles. The second-order valence-electron chi connectivity index (χ2n) is 4.20. The highest BCUT2D eigenvalue weighted by Crippen LogP contribution is 2.14. The number of amides is 2. The second kappa shape index (κ2) is 7.85. The maximum Gasteiger partial charge on any atom is 0.254 e. The van der Waals surface area contributed by atoms with Gasteiger partial charge in [-0.25, -0.2) is 4.39 Å². The van der Waals surface area contributed by atoms with Crippen LogP contribution in [0.5, 0.6) is 0 Å². The van der Waals surface area contributed by atoms with Crippen molar-refractivity contribution in [1.82, 2.24) is 10.2 Å². The van der Waals surface area contributed by atoms with Crippen LogP contribution in [0.4, 0.5) is 4.39 Å². The molecule has 0 aliphatic heterocycles. The Morgan fingerprint density at radius 3 is 2.55 bits per heavy atom. The van der Waals surface area contributed by atoms with Gasteiger partial charge in [0.25, 0.3) is 5.91 Å². The molecular weight excluding hydrogens is 283 g/mol. The van der Waals surface area contributed by atoms with E-state index < -0.39 is 11.7 Å². The van der Waals surface area contributed by atoms with Gasteiger partial charge in [-0.2, -0.15) is 0 Å². The summed E-state index contributed by atoms with van der Waals surface area (Å²) in [5, 5.41) is 2.80. The molecule has 0 heterocycles. The smallest absolute Gasteiger partial charge is 0.254 e. The highest BCUT2D eigenvalue weighted by atomic mass is 35.5. The van der Waals surface area contributed by atoms with E-state index in [2.05, 4.69) is 5.32 Å². The molecule has 0 saturated carbocycles. The van der Waals surface area contributed by atoms with Crippen LogP contribution < -0.4 is 5.32 Å². The van der Waals surface area contributed by atoms with E-state index in [4.69, 9.17) is 11.6 Å². The zero-order valence-corrected chi connectivity index (χ0v) is 12.3. The normalized spacial score (nSPS) is 10.2. The van der Waals surface area contributed by atoms with Crippen molar-refractivity contribution in [3.05, 3.63) is 34.6 Å². The van der Waals surface area contributed by atoms with E-state index in [1.54, 1.807) is 4.90 Å². The fraction of sp³-hybridized carbons (Fsp3) is 0.429. The molecule has 0 aliphatic rings. The number of carbonyl (C=O) groups excluding carboxylic acids is 2. The maximum atomic E-state index is 13.4. The van der Waals surface area contributed by atoms with Crippen molar-refractivity contribution in [3.8, 4) is 0 Å². The molecule has 20 heavy (non-hydrogen) atoms. The summed E-state index contributed by atoms with van der Waals surface area (Å²) >= 11 is 5.72. The minimum absolute atomic E-state index is 0.0399. The molecule has 2 amide bonds. The third-order valence-corrected chi connectivity index (χ3v) is 3.15. The molecule has 0 atom stereocenters. The molecule has 0 fully saturated rings. The zero-order valence-electron chi connectivity index (χ0n) is 11.6. The average Bonchev–Trinajstić information content (AvgIpc) is 2.42. The first-order chi connectivity index (χ1) is 9.49. The number of hydrogen-bond donors (Lipinski definition) is 1. The quantitative estimate of drug-likeness (QED) is 0.877. The standard InChI is InChI=1S/C14H18ClFN2O2/c1-3-18(4-2)13(19)7-8-17-14(20)11-9-10(15)5-6-12(11)16/h5-6,9H,3-4,7-8H2,1-2H3,(H,17,20). The van der Waals surface area contributed by atoms with Crippen LogP contribution in [0.2, 0.25) is 5.02 Å². The van der Waals surface area contributed by atoms with Crippen molar-refractivity contribution >= 4 is 23.4 Å². The molecule has 1 aromatic carbocycles.